The van der Waals surface area contributed by atoms with Crippen molar-refractivity contribution in [2.24, 2.45) is 5.14 Å². The van der Waals surface area contributed by atoms with Crippen molar-refractivity contribution in [3.05, 3.63) is 83.7 Å². The van der Waals surface area contributed by atoms with E-state index in [1.54, 1.807) is 24.3 Å². The monoisotopic (exact) mass is 551 g/mol. The molecule has 0 saturated heterocycles. The highest BCUT2D eigenvalue weighted by atomic mass is 32.2. The number of ether oxygens (including phenoxy) is 1. The number of aromatic hydroxyl groups is 1. The van der Waals surface area contributed by atoms with Gasteiger partial charge in [-0.3, -0.25) is 0 Å². The number of sulfonamides is 1. The molecule has 5 aromatic rings. The predicted octanol–water partition coefficient (Wildman–Crippen LogP) is 5.19. The summed E-state index contributed by atoms with van der Waals surface area (Å²) in [5.74, 6) is 0.926. The van der Waals surface area contributed by atoms with Crippen molar-refractivity contribution in [2.75, 3.05) is 11.1 Å². The van der Waals surface area contributed by atoms with Gasteiger partial charge in [-0.2, -0.15) is 0 Å². The Balaban J connectivity index is 1.33. The van der Waals surface area contributed by atoms with E-state index in [1.165, 1.54) is 34.8 Å². The van der Waals surface area contributed by atoms with E-state index in [4.69, 9.17) is 20.6 Å². The Hall–Kier alpha value is -3.97. The Bertz CT molecular complexity index is 1650. The molecular weight excluding hydrogens is 531 g/mol. The molecule has 0 radical (unpaired) electrons. The van der Waals surface area contributed by atoms with Gasteiger partial charge in [0.1, 0.15) is 33.8 Å². The molecule has 9 nitrogen and oxygen atoms in total. The van der Waals surface area contributed by atoms with Gasteiger partial charge in [0.2, 0.25) is 10.0 Å². The normalized spacial score (nSPS) is 11.4. The number of phenolic OH excluding ortho intramolecular Hbond substituents is 1. The number of rotatable bonds is 8. The van der Waals surface area contributed by atoms with Gasteiger partial charge in [-0.15, -0.1) is 11.3 Å². The van der Waals surface area contributed by atoms with Gasteiger partial charge in [-0.25, -0.2) is 23.5 Å². The number of aromatic nitrogens is 2. The summed E-state index contributed by atoms with van der Waals surface area (Å²) in [7, 11) is -3.76. The molecule has 0 fully saturated rings. The number of hydrogen-bond donors (Lipinski definition) is 4. The van der Waals surface area contributed by atoms with E-state index in [0.29, 0.717) is 50.1 Å². The fraction of sp³-hybridized carbons (Fsp3) is 0.0400. The van der Waals surface area contributed by atoms with Crippen molar-refractivity contribution in [1.29, 1.82) is 0 Å². The zero-order chi connectivity index (χ0) is 26.0. The van der Waals surface area contributed by atoms with E-state index >= 15 is 0 Å². The molecule has 2 aromatic heterocycles. The SMILES string of the molecule is Nc1nc(Nc2ccc(S(N)(=O)=O)cc2)sc1-c1nc(-c2cc(O)cc(OCc3ccccc3)c2)cs1. The molecule has 0 aliphatic carbocycles. The molecule has 0 atom stereocenters. The number of primary sulfonamides is 1. The summed E-state index contributed by atoms with van der Waals surface area (Å²) in [5.41, 5.74) is 9.20. The molecule has 0 aliphatic heterocycles. The highest BCUT2D eigenvalue weighted by Gasteiger charge is 2.16. The number of thiazole rings is 2. The summed E-state index contributed by atoms with van der Waals surface area (Å²) in [6.45, 7) is 0.379. The van der Waals surface area contributed by atoms with Crippen LogP contribution in [0.4, 0.5) is 16.6 Å². The lowest BCUT2D eigenvalue weighted by Crippen LogP contribution is -2.11. The van der Waals surface area contributed by atoms with Crippen molar-refractivity contribution < 1.29 is 18.3 Å². The largest absolute Gasteiger partial charge is 0.508 e. The lowest BCUT2D eigenvalue weighted by atomic mass is 10.1. The second kappa shape index (κ2) is 10.2. The molecule has 37 heavy (non-hydrogen) atoms. The highest BCUT2D eigenvalue weighted by Crippen LogP contribution is 2.40. The van der Waals surface area contributed by atoms with Crippen LogP contribution in [0, 0.1) is 0 Å². The quantitative estimate of drug-likeness (QED) is 0.205. The van der Waals surface area contributed by atoms with Gasteiger partial charge in [0.05, 0.1) is 10.6 Å². The predicted molar refractivity (Wildman–Crippen MR) is 147 cm³/mol. The molecule has 6 N–H and O–H groups in total. The molecule has 12 heteroatoms. The third-order valence-corrected chi connectivity index (χ3v) is 8.13. The number of phenols is 1. The van der Waals surface area contributed by atoms with Gasteiger partial charge in [-0.05, 0) is 42.0 Å². The van der Waals surface area contributed by atoms with Gasteiger partial charge in [0, 0.05) is 22.7 Å². The van der Waals surface area contributed by atoms with Crippen molar-refractivity contribution in [3.63, 3.8) is 0 Å². The molecule has 0 spiro atoms. The van der Waals surface area contributed by atoms with E-state index in [1.807, 2.05) is 41.8 Å². The Kier molecular flexibility index (Phi) is 6.80. The molecule has 5 rings (SSSR count). The summed E-state index contributed by atoms with van der Waals surface area (Å²) in [5, 5.41) is 21.6. The van der Waals surface area contributed by atoms with Crippen LogP contribution in [0.1, 0.15) is 5.56 Å². The van der Waals surface area contributed by atoms with Crippen LogP contribution in [0.2, 0.25) is 0 Å². The average Bonchev–Trinajstić information content (AvgIpc) is 3.49. The number of benzene rings is 3. The summed E-state index contributed by atoms with van der Waals surface area (Å²) in [6.07, 6.45) is 0. The number of hydrogen-bond acceptors (Lipinski definition) is 10. The summed E-state index contributed by atoms with van der Waals surface area (Å²) in [4.78, 5) is 9.79. The van der Waals surface area contributed by atoms with E-state index < -0.39 is 10.0 Å². The second-order valence-electron chi connectivity index (χ2n) is 7.96. The summed E-state index contributed by atoms with van der Waals surface area (Å²) in [6, 6.07) is 20.8. The van der Waals surface area contributed by atoms with Crippen molar-refractivity contribution in [2.45, 2.75) is 11.5 Å². The second-order valence-corrected chi connectivity index (χ2v) is 11.4. The minimum absolute atomic E-state index is 0.0216. The average molecular weight is 552 g/mol. The minimum Gasteiger partial charge on any atom is -0.508 e. The Morgan fingerprint density at radius 2 is 1.76 bits per heavy atom. The van der Waals surface area contributed by atoms with Crippen LogP contribution in [0.5, 0.6) is 11.5 Å². The zero-order valence-corrected chi connectivity index (χ0v) is 21.6. The molecule has 0 bridgehead atoms. The molecule has 0 aliphatic rings. The first-order valence-corrected chi connectivity index (χ1v) is 14.1. The fourth-order valence-corrected chi connectivity index (χ4v) is 5.81. The topological polar surface area (TPSA) is 153 Å². The van der Waals surface area contributed by atoms with Gasteiger partial charge >= 0.3 is 0 Å². The first kappa shape index (κ1) is 24.7. The highest BCUT2D eigenvalue weighted by molar-refractivity contribution is 7.89. The van der Waals surface area contributed by atoms with E-state index in [9.17, 15) is 13.5 Å². The van der Waals surface area contributed by atoms with Gasteiger partial charge in [-0.1, -0.05) is 41.7 Å². The number of nitrogen functional groups attached to an aromatic ring is 1. The molecule has 3 aromatic carbocycles. The number of nitrogens with two attached hydrogens (primary N) is 2. The van der Waals surface area contributed by atoms with Crippen LogP contribution in [0.15, 0.2) is 83.1 Å². The lowest BCUT2D eigenvalue weighted by molar-refractivity contribution is 0.304. The van der Waals surface area contributed by atoms with Crippen LogP contribution < -0.4 is 20.9 Å². The van der Waals surface area contributed by atoms with Crippen molar-refractivity contribution in [1.82, 2.24) is 9.97 Å². The van der Waals surface area contributed by atoms with Crippen LogP contribution in [-0.4, -0.2) is 23.5 Å². The lowest BCUT2D eigenvalue weighted by Gasteiger charge is -2.08. The van der Waals surface area contributed by atoms with Crippen molar-refractivity contribution >= 4 is 49.3 Å². The fourth-order valence-electron chi connectivity index (χ4n) is 3.46. The third kappa shape index (κ3) is 5.89. The Labute approximate surface area is 221 Å². The van der Waals surface area contributed by atoms with Crippen LogP contribution in [0.3, 0.4) is 0 Å². The summed E-state index contributed by atoms with van der Waals surface area (Å²) < 4.78 is 28.8. The molecule has 0 saturated carbocycles. The standard InChI is InChI=1S/C25H21N5O4S3/c26-23-22(36-25(30-23)28-17-6-8-20(9-7-17)37(27,32)33)24-29-21(14-35-24)16-10-18(31)12-19(11-16)34-13-15-4-2-1-3-5-15/h1-12,14,31H,13,26H2,(H,28,30)(H2,27,32,33). The number of nitrogens with one attached hydrogen (secondary N) is 1. The maximum atomic E-state index is 11.4. The number of anilines is 3. The Morgan fingerprint density at radius 3 is 2.49 bits per heavy atom. The molecule has 0 unspecified atom stereocenters. The van der Waals surface area contributed by atoms with Crippen LogP contribution >= 0.6 is 22.7 Å². The molecule has 2 heterocycles. The zero-order valence-electron chi connectivity index (χ0n) is 19.2. The van der Waals surface area contributed by atoms with Crippen molar-refractivity contribution in [3.8, 4) is 32.6 Å². The first-order valence-electron chi connectivity index (χ1n) is 10.9. The number of nitrogens with zero attached hydrogens (tertiary/aromatic N) is 2. The first-order chi connectivity index (χ1) is 17.7. The van der Waals surface area contributed by atoms with E-state index in [-0.39, 0.29) is 10.6 Å². The van der Waals surface area contributed by atoms with E-state index in [0.717, 1.165) is 5.56 Å². The molecular formula is C25H21N5O4S3. The minimum atomic E-state index is -3.76. The molecule has 0 amide bonds. The maximum absolute atomic E-state index is 11.4. The Morgan fingerprint density at radius 1 is 1.00 bits per heavy atom. The summed E-state index contributed by atoms with van der Waals surface area (Å²) >= 11 is 2.73. The molecule has 188 valence electrons. The van der Waals surface area contributed by atoms with Gasteiger partial charge in [0.15, 0.2) is 5.13 Å². The van der Waals surface area contributed by atoms with E-state index in [2.05, 4.69) is 10.3 Å². The van der Waals surface area contributed by atoms with Crippen LogP contribution in [-0.2, 0) is 16.6 Å². The maximum Gasteiger partial charge on any atom is 0.238 e. The van der Waals surface area contributed by atoms with Gasteiger partial charge in [0.25, 0.3) is 0 Å². The van der Waals surface area contributed by atoms with Gasteiger partial charge < -0.3 is 20.9 Å². The van der Waals surface area contributed by atoms with Crippen LogP contribution in [0.25, 0.3) is 21.1 Å². The third-order valence-electron chi connectivity index (χ3n) is 5.22. The smallest absolute Gasteiger partial charge is 0.238 e.